The van der Waals surface area contributed by atoms with E-state index < -0.39 is 0 Å². The third-order valence-corrected chi connectivity index (χ3v) is 5.25. The Balaban J connectivity index is 2.11. The van der Waals surface area contributed by atoms with E-state index in [2.05, 4.69) is 41.5 Å². The van der Waals surface area contributed by atoms with E-state index in [1.807, 2.05) is 13.0 Å². The summed E-state index contributed by atoms with van der Waals surface area (Å²) in [5.41, 5.74) is 8.82. The lowest BCUT2D eigenvalue weighted by molar-refractivity contribution is -0.115. The van der Waals surface area contributed by atoms with Gasteiger partial charge in [-0.3, -0.25) is 4.79 Å². The monoisotopic (exact) mass is 336 g/mol. The molecule has 0 radical (unpaired) electrons. The summed E-state index contributed by atoms with van der Waals surface area (Å²) in [5, 5.41) is 10.9. The Morgan fingerprint density at radius 2 is 1.95 bits per heavy atom. The van der Waals surface area contributed by atoms with Gasteiger partial charge >= 0.3 is 0 Å². The molecule has 1 heterocycles. The summed E-state index contributed by atoms with van der Waals surface area (Å²) in [6, 6.07) is 6.14. The summed E-state index contributed by atoms with van der Waals surface area (Å²) in [4.78, 5) is 12.5. The molecule has 22 heavy (non-hydrogen) atoms. The summed E-state index contributed by atoms with van der Waals surface area (Å²) in [6.45, 7) is 6.04. The fourth-order valence-electron chi connectivity index (χ4n) is 2.10. The van der Waals surface area contributed by atoms with Crippen LogP contribution in [0.2, 0.25) is 0 Å². The van der Waals surface area contributed by atoms with Crippen molar-refractivity contribution in [1.29, 1.82) is 0 Å². The molecule has 0 aliphatic rings. The van der Waals surface area contributed by atoms with Gasteiger partial charge in [0, 0.05) is 5.69 Å². The molecule has 7 heteroatoms. The first-order chi connectivity index (χ1) is 10.5. The van der Waals surface area contributed by atoms with Gasteiger partial charge in [0.15, 0.2) is 4.34 Å². The Labute approximate surface area is 138 Å². The minimum absolute atomic E-state index is 0.0330. The number of nitrogens with two attached hydrogens (primary N) is 1. The number of nitrogens with one attached hydrogen (secondary N) is 1. The van der Waals surface area contributed by atoms with Gasteiger partial charge in [0.2, 0.25) is 11.0 Å². The van der Waals surface area contributed by atoms with Crippen LogP contribution < -0.4 is 11.1 Å². The zero-order valence-corrected chi connectivity index (χ0v) is 14.6. The Kier molecular flexibility index (Phi) is 5.79. The van der Waals surface area contributed by atoms with Gasteiger partial charge in [-0.25, -0.2) is 0 Å². The number of aromatic nitrogens is 2. The largest absolute Gasteiger partial charge is 0.374 e. The maximum atomic E-state index is 12.5. The zero-order valence-electron chi connectivity index (χ0n) is 12.9. The van der Waals surface area contributed by atoms with E-state index in [4.69, 9.17) is 5.73 Å². The van der Waals surface area contributed by atoms with Crippen LogP contribution >= 0.6 is 23.1 Å². The van der Waals surface area contributed by atoms with Gasteiger partial charge in [-0.05, 0) is 30.9 Å². The molecule has 118 valence electrons. The highest BCUT2D eigenvalue weighted by Crippen LogP contribution is 2.29. The number of aryl methyl sites for hydroxylation is 2. The fraction of sp³-hybridized carbons (Fsp3) is 0.400. The number of carbonyl (C=O) groups excluding carboxylic acids is 1. The smallest absolute Gasteiger partial charge is 0.237 e. The van der Waals surface area contributed by atoms with Crippen molar-refractivity contribution in [2.75, 3.05) is 11.1 Å². The van der Waals surface area contributed by atoms with Gasteiger partial charge in [-0.2, -0.15) is 0 Å². The second-order valence-corrected chi connectivity index (χ2v) is 7.41. The van der Waals surface area contributed by atoms with Crippen molar-refractivity contribution in [1.82, 2.24) is 10.2 Å². The quantitative estimate of drug-likeness (QED) is 0.791. The Morgan fingerprint density at radius 3 is 2.45 bits per heavy atom. The van der Waals surface area contributed by atoms with Crippen molar-refractivity contribution < 1.29 is 4.79 Å². The second-order valence-electron chi connectivity index (χ2n) is 4.81. The van der Waals surface area contributed by atoms with E-state index in [0.717, 1.165) is 29.7 Å². The summed E-state index contributed by atoms with van der Waals surface area (Å²) in [5.74, 6) is -0.0330. The van der Waals surface area contributed by atoms with Crippen molar-refractivity contribution in [2.45, 2.75) is 43.2 Å². The maximum absolute atomic E-state index is 12.5. The predicted molar refractivity (Wildman–Crippen MR) is 93.5 cm³/mol. The van der Waals surface area contributed by atoms with E-state index in [0.29, 0.717) is 9.47 Å². The first-order valence-electron chi connectivity index (χ1n) is 7.22. The second kappa shape index (κ2) is 7.60. The molecule has 0 saturated heterocycles. The Bertz CT molecular complexity index is 634. The van der Waals surface area contributed by atoms with E-state index in [9.17, 15) is 4.79 Å². The van der Waals surface area contributed by atoms with Crippen molar-refractivity contribution in [3.63, 3.8) is 0 Å². The molecule has 1 amide bonds. The number of hydrogen-bond acceptors (Lipinski definition) is 6. The molecule has 2 rings (SSSR count). The van der Waals surface area contributed by atoms with Gasteiger partial charge in [-0.1, -0.05) is 55.1 Å². The van der Waals surface area contributed by atoms with Crippen LogP contribution in [0, 0.1) is 0 Å². The van der Waals surface area contributed by atoms with Gasteiger partial charge in [-0.15, -0.1) is 10.2 Å². The number of nitrogens with zero attached hydrogens (tertiary/aromatic N) is 2. The predicted octanol–water partition coefficient (Wildman–Crippen LogP) is 3.36. The van der Waals surface area contributed by atoms with Crippen LogP contribution in [0.4, 0.5) is 10.8 Å². The SMILES string of the molecule is CCc1cccc(CC)c1NC(=O)C(C)Sc1nnc(N)s1. The highest BCUT2D eigenvalue weighted by molar-refractivity contribution is 8.02. The Morgan fingerprint density at radius 1 is 1.32 bits per heavy atom. The van der Waals surface area contributed by atoms with Gasteiger partial charge < -0.3 is 11.1 Å². The molecule has 1 aromatic heterocycles. The lowest BCUT2D eigenvalue weighted by Gasteiger charge is -2.16. The minimum atomic E-state index is -0.262. The van der Waals surface area contributed by atoms with Crippen LogP contribution in [-0.2, 0) is 17.6 Å². The molecule has 1 aromatic carbocycles. The molecule has 3 N–H and O–H groups in total. The van der Waals surface area contributed by atoms with Crippen molar-refractivity contribution in [3.8, 4) is 0 Å². The fourth-order valence-corrected chi connectivity index (χ4v) is 3.88. The van der Waals surface area contributed by atoms with Crippen LogP contribution in [0.3, 0.4) is 0 Å². The molecule has 1 unspecified atom stereocenters. The van der Waals surface area contributed by atoms with E-state index >= 15 is 0 Å². The number of amides is 1. The standard InChI is InChI=1S/C15H20N4OS2/c1-4-10-7-6-8-11(5-2)12(10)17-13(20)9(3)21-15-19-18-14(16)22-15/h6-9H,4-5H2,1-3H3,(H2,16,18)(H,17,20). The maximum Gasteiger partial charge on any atom is 0.237 e. The summed E-state index contributed by atoms with van der Waals surface area (Å²) in [7, 11) is 0. The van der Waals surface area contributed by atoms with Crippen molar-refractivity contribution in [2.24, 2.45) is 0 Å². The first kappa shape index (κ1) is 16.8. The molecule has 0 aliphatic carbocycles. The number of benzene rings is 1. The van der Waals surface area contributed by atoms with Crippen LogP contribution in [0.5, 0.6) is 0 Å². The van der Waals surface area contributed by atoms with Crippen LogP contribution in [0.15, 0.2) is 22.5 Å². The highest BCUT2D eigenvalue weighted by Gasteiger charge is 2.19. The molecule has 0 saturated carbocycles. The molecule has 0 bridgehead atoms. The summed E-state index contributed by atoms with van der Waals surface area (Å²) < 4.78 is 0.708. The van der Waals surface area contributed by atoms with Crippen molar-refractivity contribution in [3.05, 3.63) is 29.3 Å². The van der Waals surface area contributed by atoms with Crippen LogP contribution in [0.1, 0.15) is 31.9 Å². The van der Waals surface area contributed by atoms with E-state index in [-0.39, 0.29) is 11.2 Å². The number of rotatable bonds is 6. The highest BCUT2D eigenvalue weighted by atomic mass is 32.2. The molecule has 0 spiro atoms. The average Bonchev–Trinajstić information content (AvgIpc) is 2.92. The molecule has 2 aromatic rings. The van der Waals surface area contributed by atoms with E-state index in [1.165, 1.54) is 23.1 Å². The van der Waals surface area contributed by atoms with Gasteiger partial charge in [0.05, 0.1) is 5.25 Å². The third-order valence-electron chi connectivity index (χ3n) is 3.32. The van der Waals surface area contributed by atoms with Crippen LogP contribution in [-0.4, -0.2) is 21.4 Å². The van der Waals surface area contributed by atoms with Gasteiger partial charge in [0.1, 0.15) is 0 Å². The molecule has 0 aliphatic heterocycles. The minimum Gasteiger partial charge on any atom is -0.374 e. The normalized spacial score (nSPS) is 12.1. The molecule has 0 fully saturated rings. The number of carbonyl (C=O) groups is 1. The molecular weight excluding hydrogens is 316 g/mol. The zero-order chi connectivity index (χ0) is 16.1. The third kappa shape index (κ3) is 3.98. The lowest BCUT2D eigenvalue weighted by atomic mass is 10.0. The topological polar surface area (TPSA) is 80.9 Å². The molecule has 1 atom stereocenters. The summed E-state index contributed by atoms with van der Waals surface area (Å²) >= 11 is 2.67. The number of anilines is 2. The summed E-state index contributed by atoms with van der Waals surface area (Å²) in [6.07, 6.45) is 1.77. The van der Waals surface area contributed by atoms with Crippen LogP contribution in [0.25, 0.3) is 0 Å². The number of para-hydroxylation sites is 1. The average molecular weight is 336 g/mol. The number of nitrogen functional groups attached to an aromatic ring is 1. The number of thioether (sulfide) groups is 1. The lowest BCUT2D eigenvalue weighted by Crippen LogP contribution is -2.23. The van der Waals surface area contributed by atoms with Crippen molar-refractivity contribution >= 4 is 39.8 Å². The number of hydrogen-bond donors (Lipinski definition) is 2. The Hall–Kier alpha value is -1.60. The first-order valence-corrected chi connectivity index (χ1v) is 8.92. The van der Waals surface area contributed by atoms with E-state index in [1.54, 1.807) is 0 Å². The molecular formula is C15H20N4OS2. The molecule has 5 nitrogen and oxygen atoms in total. The van der Waals surface area contributed by atoms with Gasteiger partial charge in [0.25, 0.3) is 0 Å².